The molecule has 0 amide bonds. The number of rotatable bonds is 6. The lowest BCUT2D eigenvalue weighted by atomic mass is 9.93. The van der Waals surface area contributed by atoms with Crippen molar-refractivity contribution in [3.63, 3.8) is 0 Å². The molecule has 82 valence electrons. The molecule has 1 atom stereocenters. The molecular formula is C15H22. The lowest BCUT2D eigenvalue weighted by Gasteiger charge is -2.12. The van der Waals surface area contributed by atoms with E-state index >= 15 is 0 Å². The molecule has 0 spiro atoms. The van der Waals surface area contributed by atoms with E-state index in [0.29, 0.717) is 5.92 Å². The quantitative estimate of drug-likeness (QED) is 0.453. The van der Waals surface area contributed by atoms with Gasteiger partial charge in [-0.3, -0.25) is 0 Å². The van der Waals surface area contributed by atoms with Crippen LogP contribution in [-0.4, -0.2) is 0 Å². The van der Waals surface area contributed by atoms with Crippen LogP contribution in [0.25, 0.3) is 0 Å². The van der Waals surface area contributed by atoms with E-state index in [4.69, 9.17) is 0 Å². The maximum atomic E-state index is 2.32. The summed E-state index contributed by atoms with van der Waals surface area (Å²) < 4.78 is 0. The zero-order chi connectivity index (χ0) is 10.9. The van der Waals surface area contributed by atoms with Crippen LogP contribution in [0.2, 0.25) is 0 Å². The Bertz CT molecular complexity index is 271. The van der Waals surface area contributed by atoms with Gasteiger partial charge in [0, 0.05) is 5.92 Å². The fourth-order valence-corrected chi connectivity index (χ4v) is 1.92. The van der Waals surface area contributed by atoms with E-state index < -0.39 is 0 Å². The summed E-state index contributed by atoms with van der Waals surface area (Å²) in [6, 6.07) is 10.8. The minimum Gasteiger partial charge on any atom is -0.0910 e. The minimum absolute atomic E-state index is 0.614. The topological polar surface area (TPSA) is 0 Å². The van der Waals surface area contributed by atoms with Crippen molar-refractivity contribution in [1.82, 2.24) is 0 Å². The van der Waals surface area contributed by atoms with Crippen molar-refractivity contribution in [2.45, 2.75) is 45.4 Å². The van der Waals surface area contributed by atoms with E-state index in [1.807, 2.05) is 0 Å². The Morgan fingerprint density at radius 2 is 1.87 bits per heavy atom. The SMILES string of the molecule is C/C=C/C(CCCCC)c1ccccc1. The van der Waals surface area contributed by atoms with Crippen LogP contribution in [0.3, 0.4) is 0 Å². The van der Waals surface area contributed by atoms with E-state index in [1.54, 1.807) is 0 Å². The first kappa shape index (κ1) is 12.0. The zero-order valence-corrected chi connectivity index (χ0v) is 9.95. The number of benzene rings is 1. The molecule has 15 heavy (non-hydrogen) atoms. The van der Waals surface area contributed by atoms with E-state index in [0.717, 1.165) is 0 Å². The van der Waals surface area contributed by atoms with Crippen molar-refractivity contribution in [3.05, 3.63) is 48.0 Å². The first-order valence-electron chi connectivity index (χ1n) is 6.06. The normalized spacial score (nSPS) is 13.2. The molecule has 0 aliphatic carbocycles. The number of unbranched alkanes of at least 4 members (excludes halogenated alkanes) is 2. The highest BCUT2D eigenvalue weighted by Gasteiger charge is 2.05. The van der Waals surface area contributed by atoms with Gasteiger partial charge in [-0.25, -0.2) is 0 Å². The number of allylic oxidation sites excluding steroid dienone is 2. The van der Waals surface area contributed by atoms with Gasteiger partial charge < -0.3 is 0 Å². The van der Waals surface area contributed by atoms with Gasteiger partial charge in [-0.15, -0.1) is 0 Å². The number of hydrogen-bond acceptors (Lipinski definition) is 0. The summed E-state index contributed by atoms with van der Waals surface area (Å²) in [6.07, 6.45) is 9.76. The third-order valence-electron chi connectivity index (χ3n) is 2.77. The van der Waals surface area contributed by atoms with Gasteiger partial charge in [0.05, 0.1) is 0 Å². The molecule has 0 aromatic heterocycles. The average molecular weight is 202 g/mol. The molecule has 0 aliphatic heterocycles. The molecule has 0 fully saturated rings. The fraction of sp³-hybridized carbons (Fsp3) is 0.467. The Hall–Kier alpha value is -1.04. The zero-order valence-electron chi connectivity index (χ0n) is 9.95. The third kappa shape index (κ3) is 4.33. The van der Waals surface area contributed by atoms with E-state index in [1.165, 1.54) is 31.2 Å². The molecule has 1 aromatic rings. The Morgan fingerprint density at radius 3 is 2.47 bits per heavy atom. The highest BCUT2D eigenvalue weighted by atomic mass is 14.1. The van der Waals surface area contributed by atoms with Crippen LogP contribution in [0.4, 0.5) is 0 Å². The fourth-order valence-electron chi connectivity index (χ4n) is 1.92. The van der Waals surface area contributed by atoms with Crippen LogP contribution >= 0.6 is 0 Å². The second-order valence-corrected chi connectivity index (χ2v) is 4.04. The molecule has 0 saturated carbocycles. The largest absolute Gasteiger partial charge is 0.0910 e. The third-order valence-corrected chi connectivity index (χ3v) is 2.77. The monoisotopic (exact) mass is 202 g/mol. The first-order valence-corrected chi connectivity index (χ1v) is 6.06. The molecule has 1 unspecified atom stereocenters. The predicted molar refractivity (Wildman–Crippen MR) is 68.1 cm³/mol. The Balaban J connectivity index is 2.58. The maximum absolute atomic E-state index is 2.32. The second kappa shape index (κ2) is 7.28. The summed E-state index contributed by atoms with van der Waals surface area (Å²) in [7, 11) is 0. The lowest BCUT2D eigenvalue weighted by molar-refractivity contribution is 0.628. The molecule has 0 heteroatoms. The van der Waals surface area contributed by atoms with Gasteiger partial charge in [0.15, 0.2) is 0 Å². The molecule has 0 radical (unpaired) electrons. The van der Waals surface area contributed by atoms with Crippen molar-refractivity contribution in [1.29, 1.82) is 0 Å². The van der Waals surface area contributed by atoms with Crippen LogP contribution < -0.4 is 0 Å². The molecule has 0 aliphatic rings. The van der Waals surface area contributed by atoms with Gasteiger partial charge in [0.2, 0.25) is 0 Å². The molecular weight excluding hydrogens is 180 g/mol. The summed E-state index contributed by atoms with van der Waals surface area (Å²) in [4.78, 5) is 0. The molecule has 0 heterocycles. The summed E-state index contributed by atoms with van der Waals surface area (Å²) in [6.45, 7) is 4.36. The van der Waals surface area contributed by atoms with Gasteiger partial charge in [-0.05, 0) is 18.9 Å². The van der Waals surface area contributed by atoms with Gasteiger partial charge >= 0.3 is 0 Å². The molecule has 0 N–H and O–H groups in total. The summed E-state index contributed by atoms with van der Waals surface area (Å²) in [5, 5.41) is 0. The average Bonchev–Trinajstić information content (AvgIpc) is 2.29. The molecule has 0 nitrogen and oxygen atoms in total. The summed E-state index contributed by atoms with van der Waals surface area (Å²) in [5.74, 6) is 0.614. The first-order chi connectivity index (χ1) is 7.38. The lowest BCUT2D eigenvalue weighted by Crippen LogP contribution is -1.95. The maximum Gasteiger partial charge on any atom is 0.00178 e. The van der Waals surface area contributed by atoms with Crippen molar-refractivity contribution < 1.29 is 0 Å². The number of hydrogen-bond donors (Lipinski definition) is 0. The van der Waals surface area contributed by atoms with Crippen LogP contribution in [-0.2, 0) is 0 Å². The standard InChI is InChI=1S/C15H22/c1-3-5-7-11-14(10-4-2)15-12-8-6-9-13-15/h4,6,8-10,12-14H,3,5,7,11H2,1-2H3/b10-4+. The van der Waals surface area contributed by atoms with Crippen LogP contribution in [0.1, 0.15) is 51.0 Å². The summed E-state index contributed by atoms with van der Waals surface area (Å²) >= 11 is 0. The highest BCUT2D eigenvalue weighted by molar-refractivity contribution is 5.23. The van der Waals surface area contributed by atoms with Crippen LogP contribution in [0.15, 0.2) is 42.5 Å². The van der Waals surface area contributed by atoms with Gasteiger partial charge in [0.25, 0.3) is 0 Å². The minimum atomic E-state index is 0.614. The van der Waals surface area contributed by atoms with E-state index in [9.17, 15) is 0 Å². The van der Waals surface area contributed by atoms with Crippen LogP contribution in [0.5, 0.6) is 0 Å². The van der Waals surface area contributed by atoms with Crippen molar-refractivity contribution in [2.75, 3.05) is 0 Å². The predicted octanol–water partition coefficient (Wildman–Crippen LogP) is 4.93. The van der Waals surface area contributed by atoms with Gasteiger partial charge in [0.1, 0.15) is 0 Å². The van der Waals surface area contributed by atoms with Crippen molar-refractivity contribution in [3.8, 4) is 0 Å². The second-order valence-electron chi connectivity index (χ2n) is 4.04. The molecule has 1 rings (SSSR count). The highest BCUT2D eigenvalue weighted by Crippen LogP contribution is 2.23. The van der Waals surface area contributed by atoms with Crippen LogP contribution in [0, 0.1) is 0 Å². The smallest absolute Gasteiger partial charge is 0.00178 e. The summed E-state index contributed by atoms with van der Waals surface area (Å²) in [5.41, 5.74) is 1.45. The molecule has 0 saturated heterocycles. The van der Waals surface area contributed by atoms with Gasteiger partial charge in [-0.2, -0.15) is 0 Å². The van der Waals surface area contributed by atoms with E-state index in [-0.39, 0.29) is 0 Å². The Kier molecular flexibility index (Phi) is 5.84. The van der Waals surface area contributed by atoms with Gasteiger partial charge in [-0.1, -0.05) is 68.7 Å². The van der Waals surface area contributed by atoms with E-state index in [2.05, 4.69) is 56.3 Å². The molecule has 1 aromatic carbocycles. The van der Waals surface area contributed by atoms with Crippen molar-refractivity contribution >= 4 is 0 Å². The Morgan fingerprint density at radius 1 is 1.13 bits per heavy atom. The van der Waals surface area contributed by atoms with Crippen molar-refractivity contribution in [2.24, 2.45) is 0 Å². The molecule has 0 bridgehead atoms. The Labute approximate surface area is 94.0 Å².